The Kier molecular flexibility index (Phi) is 4.98. The summed E-state index contributed by atoms with van der Waals surface area (Å²) in [5.41, 5.74) is 1.98. The summed E-state index contributed by atoms with van der Waals surface area (Å²) in [5.74, 6) is -1.08. The Balaban J connectivity index is 1.64. The van der Waals surface area contributed by atoms with E-state index >= 15 is 0 Å². The maximum absolute atomic E-state index is 12.6. The molecular weight excluding hydrogens is 403 g/mol. The van der Waals surface area contributed by atoms with Gasteiger partial charge < -0.3 is 24.9 Å². The number of fused-ring (bicyclic) bond motifs is 1. The second-order valence-corrected chi connectivity index (χ2v) is 6.61. The molecule has 4 rings (SSSR count). The van der Waals surface area contributed by atoms with Crippen LogP contribution in [0.1, 0.15) is 28.5 Å². The number of carbonyl (C=O) groups is 1. The molecule has 0 saturated carbocycles. The smallest absolute Gasteiger partial charge is 0.504 e. The van der Waals surface area contributed by atoms with Crippen molar-refractivity contribution in [1.82, 2.24) is 15.3 Å². The number of ether oxygens (including phenoxy) is 2. The molecule has 0 fully saturated rings. The number of nitrogens with one attached hydrogen (secondary N) is 2. The second kappa shape index (κ2) is 7.62. The lowest BCUT2D eigenvalue weighted by molar-refractivity contribution is -0.275. The van der Waals surface area contributed by atoms with Crippen LogP contribution in [0.15, 0.2) is 48.9 Å². The molecule has 2 aromatic carbocycles. The van der Waals surface area contributed by atoms with E-state index in [-0.39, 0.29) is 11.9 Å². The van der Waals surface area contributed by atoms with Crippen LogP contribution in [-0.4, -0.2) is 34.0 Å². The van der Waals surface area contributed by atoms with E-state index in [4.69, 9.17) is 4.74 Å². The molecule has 0 radical (unpaired) electrons. The standard InChI is InChI=1S/C20H16F3N3O4/c21-20(22,23)30-18-8-12(1-3-16(18)27)11-2-4-17-13(7-11)14(5-6-29-17)26-19(28)15-9-24-10-25-15/h1-4,7-10,14,27H,5-6H2,(H,24,25)(H,26,28). The SMILES string of the molecule is O=C(NC1CCOc2ccc(-c3ccc(O)c(OC(F)(F)F)c3)cc21)c1cnc[nH]1. The highest BCUT2D eigenvalue weighted by atomic mass is 19.4. The maximum Gasteiger partial charge on any atom is 0.573 e. The minimum atomic E-state index is -4.93. The Morgan fingerprint density at radius 1 is 1.23 bits per heavy atom. The topological polar surface area (TPSA) is 96.5 Å². The number of carbonyl (C=O) groups excluding carboxylic acids is 1. The molecule has 0 bridgehead atoms. The average Bonchev–Trinajstić information content (AvgIpc) is 3.24. The van der Waals surface area contributed by atoms with Crippen molar-refractivity contribution in [1.29, 1.82) is 0 Å². The van der Waals surface area contributed by atoms with E-state index in [9.17, 15) is 23.1 Å². The molecule has 3 N–H and O–H groups in total. The van der Waals surface area contributed by atoms with Crippen molar-refractivity contribution in [2.45, 2.75) is 18.8 Å². The Labute approximate surface area is 168 Å². The fourth-order valence-corrected chi connectivity index (χ4v) is 3.24. The lowest BCUT2D eigenvalue weighted by Gasteiger charge is -2.27. The third-order valence-corrected chi connectivity index (χ3v) is 4.62. The number of rotatable bonds is 4. The van der Waals surface area contributed by atoms with Gasteiger partial charge in [-0.3, -0.25) is 4.79 Å². The van der Waals surface area contributed by atoms with Gasteiger partial charge in [-0.15, -0.1) is 13.2 Å². The van der Waals surface area contributed by atoms with Crippen LogP contribution in [0.4, 0.5) is 13.2 Å². The number of aromatic nitrogens is 2. The first-order chi connectivity index (χ1) is 14.3. The molecule has 0 saturated heterocycles. The number of alkyl halides is 3. The number of hydrogen-bond acceptors (Lipinski definition) is 5. The van der Waals surface area contributed by atoms with E-state index in [1.165, 1.54) is 18.6 Å². The molecule has 156 valence electrons. The van der Waals surface area contributed by atoms with Gasteiger partial charge in [0.15, 0.2) is 11.5 Å². The van der Waals surface area contributed by atoms with Gasteiger partial charge in [-0.2, -0.15) is 0 Å². The largest absolute Gasteiger partial charge is 0.573 e. The Morgan fingerprint density at radius 2 is 2.00 bits per heavy atom. The van der Waals surface area contributed by atoms with E-state index in [0.29, 0.717) is 41.2 Å². The number of nitrogens with zero attached hydrogens (tertiary/aromatic N) is 1. The molecule has 10 heteroatoms. The van der Waals surface area contributed by atoms with Crippen molar-refractivity contribution in [2.24, 2.45) is 0 Å². The first-order valence-corrected chi connectivity index (χ1v) is 8.95. The maximum atomic E-state index is 12.6. The second-order valence-electron chi connectivity index (χ2n) is 6.61. The summed E-state index contributed by atoms with van der Waals surface area (Å²) in [5, 5.41) is 12.6. The minimum absolute atomic E-state index is 0.312. The van der Waals surface area contributed by atoms with Crippen LogP contribution < -0.4 is 14.8 Å². The normalized spacial score (nSPS) is 15.8. The summed E-state index contributed by atoms with van der Waals surface area (Å²) in [4.78, 5) is 18.9. The molecule has 1 aromatic heterocycles. The molecular formula is C20H16F3N3O4. The number of halogens is 3. The molecule has 1 unspecified atom stereocenters. The fraction of sp³-hybridized carbons (Fsp3) is 0.200. The predicted octanol–water partition coefficient (Wildman–Crippen LogP) is 3.93. The Morgan fingerprint density at radius 3 is 2.73 bits per heavy atom. The van der Waals surface area contributed by atoms with Gasteiger partial charge in [-0.1, -0.05) is 12.1 Å². The monoisotopic (exact) mass is 419 g/mol. The molecule has 2 heterocycles. The van der Waals surface area contributed by atoms with Crippen molar-refractivity contribution in [2.75, 3.05) is 6.61 Å². The molecule has 1 aliphatic heterocycles. The highest BCUT2D eigenvalue weighted by molar-refractivity contribution is 5.92. The quantitative estimate of drug-likeness (QED) is 0.596. The van der Waals surface area contributed by atoms with E-state index in [2.05, 4.69) is 20.0 Å². The van der Waals surface area contributed by atoms with Crippen molar-refractivity contribution < 1.29 is 32.5 Å². The Bertz CT molecular complexity index is 1070. The lowest BCUT2D eigenvalue weighted by Crippen LogP contribution is -2.32. The summed E-state index contributed by atoms with van der Waals surface area (Å²) >= 11 is 0. The summed E-state index contributed by atoms with van der Waals surface area (Å²) in [6, 6.07) is 8.46. The number of amides is 1. The first kappa shape index (κ1) is 19.6. The molecule has 1 atom stereocenters. The number of benzene rings is 2. The van der Waals surface area contributed by atoms with Gasteiger partial charge in [-0.25, -0.2) is 4.98 Å². The molecule has 3 aromatic rings. The zero-order valence-electron chi connectivity index (χ0n) is 15.4. The summed E-state index contributed by atoms with van der Waals surface area (Å²) in [7, 11) is 0. The van der Waals surface area contributed by atoms with Crippen LogP contribution >= 0.6 is 0 Å². The number of phenols is 1. The fourth-order valence-electron chi connectivity index (χ4n) is 3.24. The van der Waals surface area contributed by atoms with Crippen molar-refractivity contribution >= 4 is 5.91 Å². The predicted molar refractivity (Wildman–Crippen MR) is 99.1 cm³/mol. The average molecular weight is 419 g/mol. The number of aromatic hydroxyl groups is 1. The summed E-state index contributed by atoms with van der Waals surface area (Å²) in [6.07, 6.45) is -1.60. The lowest BCUT2D eigenvalue weighted by atomic mass is 9.95. The van der Waals surface area contributed by atoms with Crippen molar-refractivity contribution in [3.8, 4) is 28.4 Å². The molecule has 0 aliphatic carbocycles. The number of imidazole rings is 1. The third-order valence-electron chi connectivity index (χ3n) is 4.62. The van der Waals surface area contributed by atoms with Gasteiger partial charge in [0.25, 0.3) is 5.91 Å². The number of H-pyrrole nitrogens is 1. The van der Waals surface area contributed by atoms with Crippen molar-refractivity contribution in [3.05, 3.63) is 60.2 Å². The van der Waals surface area contributed by atoms with E-state index in [1.54, 1.807) is 18.2 Å². The number of hydrogen-bond donors (Lipinski definition) is 3. The van der Waals surface area contributed by atoms with Gasteiger partial charge in [0.05, 0.1) is 25.2 Å². The Hall–Kier alpha value is -3.69. The van der Waals surface area contributed by atoms with Gasteiger partial charge >= 0.3 is 6.36 Å². The molecule has 7 nitrogen and oxygen atoms in total. The van der Waals surface area contributed by atoms with E-state index in [1.807, 2.05) is 0 Å². The van der Waals surface area contributed by atoms with E-state index < -0.39 is 17.9 Å². The van der Waals surface area contributed by atoms with Gasteiger partial charge in [0.2, 0.25) is 0 Å². The van der Waals surface area contributed by atoms with Crippen LogP contribution in [0.25, 0.3) is 11.1 Å². The molecule has 0 spiro atoms. The van der Waals surface area contributed by atoms with E-state index in [0.717, 1.165) is 12.1 Å². The van der Waals surface area contributed by atoms with Crippen molar-refractivity contribution in [3.63, 3.8) is 0 Å². The van der Waals surface area contributed by atoms with Gasteiger partial charge in [0.1, 0.15) is 11.4 Å². The van der Waals surface area contributed by atoms with Gasteiger partial charge in [0, 0.05) is 12.0 Å². The zero-order valence-corrected chi connectivity index (χ0v) is 15.4. The first-order valence-electron chi connectivity index (χ1n) is 8.95. The summed E-state index contributed by atoms with van der Waals surface area (Å²) in [6.45, 7) is 0.406. The van der Waals surface area contributed by atoms with Gasteiger partial charge in [-0.05, 0) is 35.4 Å². The number of phenolic OH excluding ortho intramolecular Hbond substituents is 1. The zero-order chi connectivity index (χ0) is 21.3. The van der Waals surface area contributed by atoms with Crippen LogP contribution in [0.3, 0.4) is 0 Å². The number of aromatic amines is 1. The molecule has 1 amide bonds. The minimum Gasteiger partial charge on any atom is -0.504 e. The van der Waals surface area contributed by atoms with Crippen LogP contribution in [0.5, 0.6) is 17.2 Å². The van der Waals surface area contributed by atoms with Crippen LogP contribution in [0.2, 0.25) is 0 Å². The van der Waals surface area contributed by atoms with Crippen LogP contribution in [-0.2, 0) is 0 Å². The highest BCUT2D eigenvalue weighted by Gasteiger charge is 2.32. The third kappa shape index (κ3) is 4.17. The van der Waals surface area contributed by atoms with Crippen LogP contribution in [0, 0.1) is 0 Å². The molecule has 30 heavy (non-hydrogen) atoms. The highest BCUT2D eigenvalue weighted by Crippen LogP contribution is 2.39. The summed E-state index contributed by atoms with van der Waals surface area (Å²) < 4.78 is 47.2. The molecule has 1 aliphatic rings.